The van der Waals surface area contributed by atoms with Crippen LogP contribution in [0.4, 0.5) is 0 Å². The van der Waals surface area contributed by atoms with Gasteiger partial charge in [-0.05, 0) is 44.9 Å². The quantitative estimate of drug-likeness (QED) is 0.0399. The third-order valence-corrected chi connectivity index (χ3v) is 10.5. The van der Waals surface area contributed by atoms with Gasteiger partial charge in [0.2, 0.25) is 11.8 Å². The fourth-order valence-electron chi connectivity index (χ4n) is 6.99. The summed E-state index contributed by atoms with van der Waals surface area (Å²) in [6.07, 6.45) is 40.2. The van der Waals surface area contributed by atoms with E-state index in [4.69, 9.17) is 4.74 Å². The van der Waals surface area contributed by atoms with Crippen molar-refractivity contribution in [3.05, 3.63) is 30.6 Å². The molecule has 2 amide bonds. The Labute approximate surface area is 327 Å². The molecule has 0 saturated carbocycles. The lowest BCUT2D eigenvalue weighted by atomic mass is 10.1. The summed E-state index contributed by atoms with van der Waals surface area (Å²) in [6, 6.07) is 5.62. The number of ether oxygens (including phenoxy) is 1. The molecule has 0 spiro atoms. The molecule has 1 atom stereocenters. The van der Waals surface area contributed by atoms with Crippen LogP contribution in [-0.4, -0.2) is 37.0 Å². The van der Waals surface area contributed by atoms with Crippen LogP contribution in [0.2, 0.25) is 0 Å². The third-order valence-electron chi connectivity index (χ3n) is 10.5. The number of carbonyl (C=O) groups is 3. The Hall–Kier alpha value is -2.44. The third kappa shape index (κ3) is 32.7. The van der Waals surface area contributed by atoms with E-state index in [-0.39, 0.29) is 17.8 Å². The average Bonchev–Trinajstić information content (AvgIpc) is 3.16. The largest absolute Gasteiger partial charge is 0.464 e. The maximum absolute atomic E-state index is 13.1. The van der Waals surface area contributed by atoms with E-state index >= 15 is 0 Å². The summed E-state index contributed by atoms with van der Waals surface area (Å²) in [6.45, 7) is 6.61. The highest BCUT2D eigenvalue weighted by Gasteiger charge is 2.22. The lowest BCUT2D eigenvalue weighted by molar-refractivity contribution is -0.697. The van der Waals surface area contributed by atoms with Crippen LogP contribution in [0.25, 0.3) is 0 Å². The standard InChI is InChI=1S/C46H83N3O4/c1-3-5-7-9-11-14-18-22-27-36-44(50)47-38-30-29-35-43(48-45(51)37-28-23-19-15-12-10-8-6-4-2)46(52)53-42-34-25-21-17-13-16-20-24-31-39-49-40-32-26-33-41-49/h26,32-33,40-41,43H,3-25,27-31,34-39,42H2,1-2H3,(H-,47,48,50,51)/p+1. The minimum atomic E-state index is -0.612. The number of unbranched alkanes of at least 4 members (excludes halogenated alkanes) is 25. The first-order valence-corrected chi connectivity index (χ1v) is 22.7. The van der Waals surface area contributed by atoms with E-state index in [2.05, 4.69) is 59.6 Å². The fraction of sp³-hybridized carbons (Fsp3) is 0.826. The van der Waals surface area contributed by atoms with Crippen molar-refractivity contribution in [3.63, 3.8) is 0 Å². The summed E-state index contributed by atoms with van der Waals surface area (Å²) < 4.78 is 7.93. The van der Waals surface area contributed by atoms with E-state index in [9.17, 15) is 14.4 Å². The van der Waals surface area contributed by atoms with Gasteiger partial charge in [0, 0.05) is 37.9 Å². The predicted octanol–water partition coefficient (Wildman–Crippen LogP) is 11.6. The Morgan fingerprint density at radius 2 is 0.962 bits per heavy atom. The highest BCUT2D eigenvalue weighted by Crippen LogP contribution is 2.13. The van der Waals surface area contributed by atoms with E-state index in [1.54, 1.807) is 0 Å². The van der Waals surface area contributed by atoms with Gasteiger partial charge in [-0.3, -0.25) is 9.59 Å². The van der Waals surface area contributed by atoms with Gasteiger partial charge in [-0.15, -0.1) is 0 Å². The molecular weight excluding hydrogens is 659 g/mol. The lowest BCUT2D eigenvalue weighted by Gasteiger charge is -2.18. The second-order valence-electron chi connectivity index (χ2n) is 15.6. The van der Waals surface area contributed by atoms with Gasteiger partial charge in [0.25, 0.3) is 0 Å². The van der Waals surface area contributed by atoms with Gasteiger partial charge in [0.1, 0.15) is 12.6 Å². The number of amides is 2. The molecule has 1 aromatic heterocycles. The molecule has 2 N–H and O–H groups in total. The Morgan fingerprint density at radius 3 is 1.49 bits per heavy atom. The van der Waals surface area contributed by atoms with Crippen molar-refractivity contribution in [3.8, 4) is 0 Å². The topological polar surface area (TPSA) is 88.4 Å². The van der Waals surface area contributed by atoms with Crippen LogP contribution in [0, 0.1) is 0 Å². The van der Waals surface area contributed by atoms with E-state index in [0.717, 1.165) is 57.9 Å². The molecule has 0 aliphatic heterocycles. The van der Waals surface area contributed by atoms with Crippen LogP contribution in [0.5, 0.6) is 0 Å². The monoisotopic (exact) mass is 743 g/mol. The van der Waals surface area contributed by atoms with Crippen molar-refractivity contribution in [2.45, 2.75) is 232 Å². The summed E-state index contributed by atoms with van der Waals surface area (Å²) in [5.41, 5.74) is 0. The van der Waals surface area contributed by atoms with E-state index in [1.165, 1.54) is 135 Å². The molecule has 0 aromatic carbocycles. The number of rotatable bonds is 39. The average molecular weight is 743 g/mol. The number of hydrogen-bond donors (Lipinski definition) is 2. The van der Waals surface area contributed by atoms with Crippen LogP contribution >= 0.6 is 0 Å². The smallest absolute Gasteiger partial charge is 0.328 e. The molecule has 0 aliphatic carbocycles. The molecule has 0 saturated heterocycles. The van der Waals surface area contributed by atoms with Crippen molar-refractivity contribution in [2.24, 2.45) is 0 Å². The number of aromatic nitrogens is 1. The summed E-state index contributed by atoms with van der Waals surface area (Å²) in [7, 11) is 0. The lowest BCUT2D eigenvalue weighted by Crippen LogP contribution is -2.42. The van der Waals surface area contributed by atoms with Crippen molar-refractivity contribution in [1.82, 2.24) is 10.6 Å². The van der Waals surface area contributed by atoms with Gasteiger partial charge in [-0.25, -0.2) is 9.36 Å². The summed E-state index contributed by atoms with van der Waals surface area (Å²) >= 11 is 0. The Bertz CT molecular complexity index is 973. The minimum Gasteiger partial charge on any atom is -0.464 e. The summed E-state index contributed by atoms with van der Waals surface area (Å²) in [5.74, 6) is -0.243. The first-order valence-electron chi connectivity index (χ1n) is 22.7. The Morgan fingerprint density at radius 1 is 0.509 bits per heavy atom. The SMILES string of the molecule is CCCCCCCCCCCC(=O)NCCCCC(NC(=O)CCCCCCCCCCC)C(=O)OCCCCCCCCCCC[n+]1ccccc1. The molecule has 1 aromatic rings. The van der Waals surface area contributed by atoms with Gasteiger partial charge in [0.15, 0.2) is 12.4 Å². The number of hydrogen-bond acceptors (Lipinski definition) is 4. The van der Waals surface area contributed by atoms with Crippen LogP contribution in [0.1, 0.15) is 219 Å². The molecule has 1 rings (SSSR count). The molecule has 1 heterocycles. The molecule has 0 radical (unpaired) electrons. The van der Waals surface area contributed by atoms with Crippen LogP contribution in [0.3, 0.4) is 0 Å². The van der Waals surface area contributed by atoms with Crippen molar-refractivity contribution < 1.29 is 23.7 Å². The molecule has 7 nitrogen and oxygen atoms in total. The summed E-state index contributed by atoms with van der Waals surface area (Å²) in [5, 5.41) is 6.05. The molecule has 53 heavy (non-hydrogen) atoms. The zero-order valence-electron chi connectivity index (χ0n) is 34.8. The maximum Gasteiger partial charge on any atom is 0.328 e. The van der Waals surface area contributed by atoms with Crippen molar-refractivity contribution in [2.75, 3.05) is 13.2 Å². The first-order chi connectivity index (χ1) is 26.1. The zero-order chi connectivity index (χ0) is 38.3. The predicted molar refractivity (Wildman–Crippen MR) is 222 cm³/mol. The van der Waals surface area contributed by atoms with Crippen LogP contribution in [0.15, 0.2) is 30.6 Å². The van der Waals surface area contributed by atoms with Gasteiger partial charge in [-0.2, -0.15) is 0 Å². The van der Waals surface area contributed by atoms with Crippen molar-refractivity contribution >= 4 is 17.8 Å². The van der Waals surface area contributed by atoms with E-state index in [0.29, 0.717) is 32.4 Å². The fourth-order valence-corrected chi connectivity index (χ4v) is 6.99. The number of carbonyl (C=O) groups excluding carboxylic acids is 3. The maximum atomic E-state index is 13.1. The molecule has 7 heteroatoms. The highest BCUT2D eigenvalue weighted by atomic mass is 16.5. The number of nitrogens with one attached hydrogen (secondary N) is 2. The number of nitrogens with zero attached hydrogens (tertiary/aromatic N) is 1. The zero-order valence-corrected chi connectivity index (χ0v) is 34.8. The van der Waals surface area contributed by atoms with E-state index in [1.807, 2.05) is 0 Å². The molecule has 306 valence electrons. The minimum absolute atomic E-state index is 0.0528. The summed E-state index contributed by atoms with van der Waals surface area (Å²) in [4.78, 5) is 38.2. The van der Waals surface area contributed by atoms with Gasteiger partial charge in [0.05, 0.1) is 6.61 Å². The van der Waals surface area contributed by atoms with Gasteiger partial charge >= 0.3 is 5.97 Å². The highest BCUT2D eigenvalue weighted by molar-refractivity contribution is 5.84. The molecular formula is C46H84N3O4+. The second kappa shape index (κ2) is 37.9. The van der Waals surface area contributed by atoms with Gasteiger partial charge in [-0.1, -0.05) is 161 Å². The van der Waals surface area contributed by atoms with Crippen molar-refractivity contribution in [1.29, 1.82) is 0 Å². The molecule has 0 fully saturated rings. The number of pyridine rings is 1. The molecule has 1 unspecified atom stereocenters. The molecule has 0 bridgehead atoms. The normalized spacial score (nSPS) is 11.7. The number of aryl methyl sites for hydroxylation is 1. The number of esters is 1. The van der Waals surface area contributed by atoms with Gasteiger partial charge < -0.3 is 15.4 Å². The second-order valence-corrected chi connectivity index (χ2v) is 15.6. The molecule has 0 aliphatic rings. The van der Waals surface area contributed by atoms with E-state index < -0.39 is 6.04 Å². The van der Waals surface area contributed by atoms with Crippen LogP contribution in [-0.2, 0) is 25.7 Å². The Balaban J connectivity index is 2.24. The first kappa shape index (κ1) is 48.6. The Kier molecular flexibility index (Phi) is 34.7. The van der Waals surface area contributed by atoms with Crippen LogP contribution < -0.4 is 15.2 Å².